The fourth-order valence-corrected chi connectivity index (χ4v) is 3.58. The van der Waals surface area contributed by atoms with Gasteiger partial charge >= 0.3 is 0 Å². The van der Waals surface area contributed by atoms with E-state index >= 15 is 0 Å². The Morgan fingerprint density at radius 2 is 1.74 bits per heavy atom. The minimum Gasteiger partial charge on any atom is -0.545 e. The fraction of sp³-hybridized carbons (Fsp3) is 0.240. The van der Waals surface area contributed by atoms with E-state index in [0.29, 0.717) is 45.1 Å². The van der Waals surface area contributed by atoms with Crippen molar-refractivity contribution in [1.29, 1.82) is 0 Å². The number of nitrogens with one attached hydrogen (secondary N) is 1. The SMILES string of the molecule is O=C([O-])c1cc(NCc2cccc(OCc3ccccc3)c2)ccc1N1CCOCC1. The molecular weight excluding hydrogens is 392 g/mol. The summed E-state index contributed by atoms with van der Waals surface area (Å²) in [5, 5.41) is 15.0. The first-order chi connectivity index (χ1) is 15.2. The van der Waals surface area contributed by atoms with Gasteiger partial charge in [-0.25, -0.2) is 0 Å². The van der Waals surface area contributed by atoms with E-state index in [4.69, 9.17) is 9.47 Å². The maximum Gasteiger partial charge on any atom is 0.120 e. The molecule has 3 aromatic rings. The van der Waals surface area contributed by atoms with Gasteiger partial charge in [0.25, 0.3) is 0 Å². The van der Waals surface area contributed by atoms with Gasteiger partial charge in [0.15, 0.2) is 0 Å². The van der Waals surface area contributed by atoms with Crippen LogP contribution in [0.5, 0.6) is 5.75 Å². The molecule has 1 saturated heterocycles. The van der Waals surface area contributed by atoms with Gasteiger partial charge in [-0.3, -0.25) is 0 Å². The summed E-state index contributed by atoms with van der Waals surface area (Å²) >= 11 is 0. The number of carboxylic acid groups (broad SMARTS) is 1. The third kappa shape index (κ3) is 5.55. The molecule has 1 aliphatic heterocycles. The quantitative estimate of drug-likeness (QED) is 0.607. The number of carbonyl (C=O) groups is 1. The van der Waals surface area contributed by atoms with Gasteiger partial charge in [0.1, 0.15) is 12.4 Å². The van der Waals surface area contributed by atoms with E-state index in [1.807, 2.05) is 71.6 Å². The van der Waals surface area contributed by atoms with Crippen LogP contribution in [0.4, 0.5) is 11.4 Å². The van der Waals surface area contributed by atoms with Crippen LogP contribution >= 0.6 is 0 Å². The van der Waals surface area contributed by atoms with Crippen molar-refractivity contribution in [2.24, 2.45) is 0 Å². The van der Waals surface area contributed by atoms with Gasteiger partial charge in [-0.1, -0.05) is 42.5 Å². The number of carbonyl (C=O) groups excluding carboxylic acids is 1. The molecule has 6 nitrogen and oxygen atoms in total. The van der Waals surface area contributed by atoms with Crippen LogP contribution < -0.4 is 20.1 Å². The average molecular weight is 417 g/mol. The summed E-state index contributed by atoms with van der Waals surface area (Å²) in [6.07, 6.45) is 0. The highest BCUT2D eigenvalue weighted by atomic mass is 16.5. The highest BCUT2D eigenvalue weighted by Crippen LogP contribution is 2.25. The third-order valence-electron chi connectivity index (χ3n) is 5.21. The molecule has 0 atom stereocenters. The Morgan fingerprint density at radius 3 is 2.52 bits per heavy atom. The normalized spacial score (nSPS) is 13.6. The molecule has 0 aromatic heterocycles. The molecule has 0 aliphatic carbocycles. The number of hydrogen-bond acceptors (Lipinski definition) is 6. The molecule has 4 rings (SSSR count). The first-order valence-corrected chi connectivity index (χ1v) is 10.4. The topological polar surface area (TPSA) is 73.9 Å². The second-order valence-corrected chi connectivity index (χ2v) is 7.39. The van der Waals surface area contributed by atoms with Gasteiger partial charge in [0, 0.05) is 36.6 Å². The van der Waals surface area contributed by atoms with E-state index in [1.165, 1.54) is 0 Å². The Morgan fingerprint density at radius 1 is 0.968 bits per heavy atom. The Labute approximate surface area is 182 Å². The lowest BCUT2D eigenvalue weighted by Crippen LogP contribution is -2.38. The number of rotatable bonds is 8. The van der Waals surface area contributed by atoms with Gasteiger partial charge in [-0.2, -0.15) is 0 Å². The van der Waals surface area contributed by atoms with Crippen molar-refractivity contribution in [3.63, 3.8) is 0 Å². The molecule has 0 amide bonds. The van der Waals surface area contributed by atoms with Gasteiger partial charge in [0.2, 0.25) is 0 Å². The number of anilines is 2. The van der Waals surface area contributed by atoms with E-state index in [-0.39, 0.29) is 5.56 Å². The third-order valence-corrected chi connectivity index (χ3v) is 5.21. The van der Waals surface area contributed by atoms with Crippen molar-refractivity contribution in [2.45, 2.75) is 13.2 Å². The van der Waals surface area contributed by atoms with Crippen LogP contribution in [-0.4, -0.2) is 32.3 Å². The van der Waals surface area contributed by atoms with Crippen molar-refractivity contribution >= 4 is 17.3 Å². The molecule has 160 valence electrons. The molecule has 0 saturated carbocycles. The predicted molar refractivity (Wildman–Crippen MR) is 118 cm³/mol. The molecule has 3 aromatic carbocycles. The second-order valence-electron chi connectivity index (χ2n) is 7.39. The van der Waals surface area contributed by atoms with E-state index in [1.54, 1.807) is 6.07 Å². The number of aromatic carboxylic acids is 1. The highest BCUT2D eigenvalue weighted by Gasteiger charge is 2.15. The molecular formula is C25H25N2O4-. The molecule has 6 heteroatoms. The smallest absolute Gasteiger partial charge is 0.120 e. The first kappa shape index (κ1) is 20.8. The monoisotopic (exact) mass is 417 g/mol. The van der Waals surface area contributed by atoms with Crippen LogP contribution in [0, 0.1) is 0 Å². The number of hydrogen-bond donors (Lipinski definition) is 1. The van der Waals surface area contributed by atoms with E-state index in [2.05, 4.69) is 5.32 Å². The Balaban J connectivity index is 1.40. The van der Waals surface area contributed by atoms with Crippen LogP contribution in [0.2, 0.25) is 0 Å². The summed E-state index contributed by atoms with van der Waals surface area (Å²) < 4.78 is 11.2. The van der Waals surface area contributed by atoms with Gasteiger partial charge in [0.05, 0.1) is 19.2 Å². The van der Waals surface area contributed by atoms with Crippen LogP contribution in [-0.2, 0) is 17.9 Å². The minimum atomic E-state index is -1.18. The molecule has 31 heavy (non-hydrogen) atoms. The van der Waals surface area contributed by atoms with E-state index in [0.717, 1.165) is 22.6 Å². The Kier molecular flexibility index (Phi) is 6.69. The Bertz CT molecular complexity index is 1020. The number of morpholine rings is 1. The molecule has 1 aliphatic rings. The summed E-state index contributed by atoms with van der Waals surface area (Å²) in [6, 6.07) is 23.2. The number of ether oxygens (including phenoxy) is 2. The van der Waals surface area contributed by atoms with Crippen molar-refractivity contribution in [3.05, 3.63) is 89.5 Å². The van der Waals surface area contributed by atoms with Gasteiger partial charge in [-0.05, 0) is 41.5 Å². The average Bonchev–Trinajstić information content (AvgIpc) is 2.83. The summed E-state index contributed by atoms with van der Waals surface area (Å²) in [4.78, 5) is 13.7. The molecule has 1 fully saturated rings. The van der Waals surface area contributed by atoms with Crippen LogP contribution in [0.25, 0.3) is 0 Å². The van der Waals surface area contributed by atoms with E-state index in [9.17, 15) is 9.90 Å². The van der Waals surface area contributed by atoms with Crippen molar-refractivity contribution in [3.8, 4) is 5.75 Å². The number of benzene rings is 3. The molecule has 1 heterocycles. The standard InChI is InChI=1S/C25H26N2O4/c28-25(29)23-16-21(9-10-24(23)27-11-13-30-14-12-27)26-17-20-7-4-8-22(15-20)31-18-19-5-2-1-3-6-19/h1-10,15-16,26H,11-14,17-18H2,(H,28,29)/p-1. The second kappa shape index (κ2) is 10.00. The minimum absolute atomic E-state index is 0.187. The van der Waals surface area contributed by atoms with Crippen LogP contribution in [0.15, 0.2) is 72.8 Å². The van der Waals surface area contributed by atoms with Crippen LogP contribution in [0.3, 0.4) is 0 Å². The number of nitrogens with zero attached hydrogens (tertiary/aromatic N) is 1. The van der Waals surface area contributed by atoms with Crippen molar-refractivity contribution in [1.82, 2.24) is 0 Å². The lowest BCUT2D eigenvalue weighted by Gasteiger charge is -2.31. The maximum atomic E-state index is 11.7. The predicted octanol–water partition coefficient (Wildman–Crippen LogP) is 3.08. The van der Waals surface area contributed by atoms with Crippen LogP contribution in [0.1, 0.15) is 21.5 Å². The van der Waals surface area contributed by atoms with Crippen molar-refractivity contribution < 1.29 is 19.4 Å². The Hall–Kier alpha value is -3.51. The highest BCUT2D eigenvalue weighted by molar-refractivity contribution is 5.94. The van der Waals surface area contributed by atoms with Gasteiger partial charge in [-0.15, -0.1) is 0 Å². The largest absolute Gasteiger partial charge is 0.545 e. The molecule has 0 unspecified atom stereocenters. The zero-order chi connectivity index (χ0) is 21.5. The summed E-state index contributed by atoms with van der Waals surface area (Å²) in [5.41, 5.74) is 3.74. The van der Waals surface area contributed by atoms with Gasteiger partial charge < -0.3 is 29.6 Å². The summed E-state index contributed by atoms with van der Waals surface area (Å²) in [7, 11) is 0. The molecule has 0 bridgehead atoms. The zero-order valence-electron chi connectivity index (χ0n) is 17.3. The molecule has 1 N–H and O–H groups in total. The fourth-order valence-electron chi connectivity index (χ4n) is 3.58. The lowest BCUT2D eigenvalue weighted by atomic mass is 10.1. The summed E-state index contributed by atoms with van der Waals surface area (Å²) in [5.74, 6) is -0.386. The zero-order valence-corrected chi connectivity index (χ0v) is 17.3. The number of carboxylic acids is 1. The molecule has 0 spiro atoms. The molecule has 0 radical (unpaired) electrons. The van der Waals surface area contributed by atoms with Crippen molar-refractivity contribution in [2.75, 3.05) is 36.5 Å². The summed E-state index contributed by atoms with van der Waals surface area (Å²) in [6.45, 7) is 3.58. The maximum absolute atomic E-state index is 11.7. The van der Waals surface area contributed by atoms with E-state index < -0.39 is 5.97 Å². The lowest BCUT2D eigenvalue weighted by molar-refractivity contribution is -0.254. The first-order valence-electron chi connectivity index (χ1n) is 10.4.